The van der Waals surface area contributed by atoms with Gasteiger partial charge in [0.05, 0.1) is 0 Å². The van der Waals surface area contributed by atoms with Crippen molar-refractivity contribution in [3.05, 3.63) is 54.4 Å². The number of hydrogen-bond donors (Lipinski definition) is 2. The second kappa shape index (κ2) is 4.99. The third kappa shape index (κ3) is 2.36. The molecule has 0 aliphatic heterocycles. The molecule has 0 saturated heterocycles. The summed E-state index contributed by atoms with van der Waals surface area (Å²) in [5, 5.41) is 7.14. The van der Waals surface area contributed by atoms with E-state index >= 15 is 0 Å². The van der Waals surface area contributed by atoms with E-state index in [-0.39, 0.29) is 0 Å². The third-order valence-corrected chi connectivity index (χ3v) is 2.87. The lowest BCUT2D eigenvalue weighted by Crippen LogP contribution is -1.95. The number of rotatable bonds is 3. The summed E-state index contributed by atoms with van der Waals surface area (Å²) in [5.41, 5.74) is 8.55. The first-order valence-electron chi connectivity index (χ1n) is 5.99. The van der Waals surface area contributed by atoms with Gasteiger partial charge in [0.15, 0.2) is 11.6 Å². The standard InChI is InChI=1S/C14H13N5/c15-8-10-3-5-11(6-4-10)13-17-14(19-18-13)12-2-1-7-16-9-12/h1-7,9H,8,15H2,(H,17,18,19). The van der Waals surface area contributed by atoms with Gasteiger partial charge in [-0.2, -0.15) is 5.10 Å². The quantitative estimate of drug-likeness (QED) is 0.746. The van der Waals surface area contributed by atoms with Crippen molar-refractivity contribution in [1.82, 2.24) is 20.2 Å². The van der Waals surface area contributed by atoms with E-state index in [0.717, 1.165) is 22.5 Å². The Morgan fingerprint density at radius 2 is 1.89 bits per heavy atom. The third-order valence-electron chi connectivity index (χ3n) is 2.87. The molecule has 0 amide bonds. The van der Waals surface area contributed by atoms with Gasteiger partial charge in [-0.3, -0.25) is 10.1 Å². The van der Waals surface area contributed by atoms with Crippen LogP contribution in [0.3, 0.4) is 0 Å². The zero-order chi connectivity index (χ0) is 13.1. The molecule has 94 valence electrons. The molecular weight excluding hydrogens is 238 g/mol. The maximum absolute atomic E-state index is 5.58. The van der Waals surface area contributed by atoms with Crippen molar-refractivity contribution in [2.75, 3.05) is 0 Å². The van der Waals surface area contributed by atoms with Crippen molar-refractivity contribution in [2.45, 2.75) is 6.54 Å². The molecule has 0 fully saturated rings. The first-order chi connectivity index (χ1) is 9.36. The Balaban J connectivity index is 1.92. The zero-order valence-electron chi connectivity index (χ0n) is 10.2. The van der Waals surface area contributed by atoms with Crippen molar-refractivity contribution < 1.29 is 0 Å². The maximum atomic E-state index is 5.58. The highest BCUT2D eigenvalue weighted by atomic mass is 15.2. The molecule has 5 heteroatoms. The predicted molar refractivity (Wildman–Crippen MR) is 72.9 cm³/mol. The van der Waals surface area contributed by atoms with Crippen LogP contribution in [0.15, 0.2) is 48.8 Å². The van der Waals surface area contributed by atoms with E-state index in [1.807, 2.05) is 36.4 Å². The van der Waals surface area contributed by atoms with Crippen molar-refractivity contribution in [2.24, 2.45) is 5.73 Å². The van der Waals surface area contributed by atoms with Crippen LogP contribution in [0.5, 0.6) is 0 Å². The summed E-state index contributed by atoms with van der Waals surface area (Å²) in [5.74, 6) is 1.38. The summed E-state index contributed by atoms with van der Waals surface area (Å²) in [6.07, 6.45) is 3.47. The van der Waals surface area contributed by atoms with E-state index in [1.165, 1.54) is 0 Å². The first kappa shape index (κ1) is 11.6. The minimum Gasteiger partial charge on any atom is -0.326 e. The van der Waals surface area contributed by atoms with Gasteiger partial charge in [-0.05, 0) is 17.7 Å². The molecule has 19 heavy (non-hydrogen) atoms. The molecule has 0 atom stereocenters. The number of nitrogens with two attached hydrogens (primary N) is 1. The SMILES string of the molecule is NCc1ccc(-c2nc(-c3cccnc3)n[nH]2)cc1. The van der Waals surface area contributed by atoms with E-state index in [0.29, 0.717) is 12.4 Å². The average Bonchev–Trinajstić information content (AvgIpc) is 2.98. The van der Waals surface area contributed by atoms with Gasteiger partial charge >= 0.3 is 0 Å². The molecule has 0 radical (unpaired) electrons. The topological polar surface area (TPSA) is 80.5 Å². The van der Waals surface area contributed by atoms with Gasteiger partial charge in [0.25, 0.3) is 0 Å². The van der Waals surface area contributed by atoms with Gasteiger partial charge in [0.1, 0.15) is 0 Å². The highest BCUT2D eigenvalue weighted by Crippen LogP contribution is 2.19. The number of nitrogens with one attached hydrogen (secondary N) is 1. The molecule has 5 nitrogen and oxygen atoms in total. The zero-order valence-corrected chi connectivity index (χ0v) is 10.2. The number of pyridine rings is 1. The summed E-state index contributed by atoms with van der Waals surface area (Å²) >= 11 is 0. The van der Waals surface area contributed by atoms with Crippen LogP contribution in [0.1, 0.15) is 5.56 Å². The number of aromatic nitrogens is 4. The van der Waals surface area contributed by atoms with Crippen molar-refractivity contribution in [3.63, 3.8) is 0 Å². The first-order valence-corrected chi connectivity index (χ1v) is 5.99. The van der Waals surface area contributed by atoms with Crippen LogP contribution in [0.25, 0.3) is 22.8 Å². The van der Waals surface area contributed by atoms with E-state index in [9.17, 15) is 0 Å². The monoisotopic (exact) mass is 251 g/mol. The van der Waals surface area contributed by atoms with E-state index in [4.69, 9.17) is 5.73 Å². The van der Waals surface area contributed by atoms with Crippen LogP contribution in [0.4, 0.5) is 0 Å². The van der Waals surface area contributed by atoms with Gasteiger partial charge in [-0.25, -0.2) is 4.98 Å². The molecule has 1 aromatic carbocycles. The fourth-order valence-electron chi connectivity index (χ4n) is 1.81. The molecule has 0 saturated carbocycles. The maximum Gasteiger partial charge on any atom is 0.183 e. The van der Waals surface area contributed by atoms with Crippen molar-refractivity contribution in [1.29, 1.82) is 0 Å². The predicted octanol–water partition coefficient (Wildman–Crippen LogP) is 1.99. The van der Waals surface area contributed by atoms with Crippen LogP contribution in [0.2, 0.25) is 0 Å². The second-order valence-corrected chi connectivity index (χ2v) is 4.15. The average molecular weight is 251 g/mol. The van der Waals surface area contributed by atoms with Gasteiger partial charge in [0.2, 0.25) is 0 Å². The van der Waals surface area contributed by atoms with Crippen LogP contribution >= 0.6 is 0 Å². The molecule has 0 unspecified atom stereocenters. The number of aromatic amines is 1. The fraction of sp³-hybridized carbons (Fsp3) is 0.0714. The van der Waals surface area contributed by atoms with Gasteiger partial charge < -0.3 is 5.73 Å². The highest BCUT2D eigenvalue weighted by molar-refractivity contribution is 5.60. The Hall–Kier alpha value is -2.53. The Morgan fingerprint density at radius 1 is 1.05 bits per heavy atom. The largest absolute Gasteiger partial charge is 0.326 e. The Bertz CT molecular complexity index is 658. The van der Waals surface area contributed by atoms with E-state index in [1.54, 1.807) is 12.4 Å². The molecule has 0 aliphatic carbocycles. The molecule has 3 aromatic rings. The Labute approximate surface area is 110 Å². The van der Waals surface area contributed by atoms with Crippen molar-refractivity contribution in [3.8, 4) is 22.8 Å². The van der Waals surface area contributed by atoms with Gasteiger partial charge in [-0.1, -0.05) is 24.3 Å². The van der Waals surface area contributed by atoms with Gasteiger partial charge in [-0.15, -0.1) is 0 Å². The highest BCUT2D eigenvalue weighted by Gasteiger charge is 2.07. The number of benzene rings is 1. The molecule has 0 aliphatic rings. The van der Waals surface area contributed by atoms with Crippen LogP contribution in [-0.2, 0) is 6.54 Å². The summed E-state index contributed by atoms with van der Waals surface area (Å²) in [6.45, 7) is 0.539. The minimum absolute atomic E-state index is 0.539. The molecule has 2 heterocycles. The van der Waals surface area contributed by atoms with Crippen LogP contribution in [-0.4, -0.2) is 20.2 Å². The number of hydrogen-bond acceptors (Lipinski definition) is 4. The van der Waals surface area contributed by atoms with E-state index < -0.39 is 0 Å². The Kier molecular flexibility index (Phi) is 3.04. The van der Waals surface area contributed by atoms with E-state index in [2.05, 4.69) is 20.2 Å². The van der Waals surface area contributed by atoms with Crippen LogP contribution < -0.4 is 5.73 Å². The van der Waals surface area contributed by atoms with Gasteiger partial charge in [0, 0.05) is 30.1 Å². The second-order valence-electron chi connectivity index (χ2n) is 4.15. The normalized spacial score (nSPS) is 10.6. The number of nitrogens with zero attached hydrogens (tertiary/aromatic N) is 3. The minimum atomic E-state index is 0.539. The summed E-state index contributed by atoms with van der Waals surface area (Å²) in [6, 6.07) is 11.7. The van der Waals surface area contributed by atoms with Crippen molar-refractivity contribution >= 4 is 0 Å². The summed E-state index contributed by atoms with van der Waals surface area (Å²) in [7, 11) is 0. The summed E-state index contributed by atoms with van der Waals surface area (Å²) in [4.78, 5) is 8.53. The smallest absolute Gasteiger partial charge is 0.183 e. The number of H-pyrrole nitrogens is 1. The molecule has 0 spiro atoms. The molecule has 3 rings (SSSR count). The molecular formula is C14H13N5. The lowest BCUT2D eigenvalue weighted by molar-refractivity contribution is 1.07. The fourth-order valence-corrected chi connectivity index (χ4v) is 1.81. The van der Waals surface area contributed by atoms with Crippen LogP contribution in [0, 0.1) is 0 Å². The Morgan fingerprint density at radius 3 is 2.58 bits per heavy atom. The molecule has 0 bridgehead atoms. The summed E-state index contributed by atoms with van der Waals surface area (Å²) < 4.78 is 0. The lowest BCUT2D eigenvalue weighted by atomic mass is 10.1. The molecule has 3 N–H and O–H groups in total. The lowest BCUT2D eigenvalue weighted by Gasteiger charge is -1.98. The molecule has 2 aromatic heterocycles.